The molecule has 0 bridgehead atoms. The first-order chi connectivity index (χ1) is 5.99. The van der Waals surface area contributed by atoms with Gasteiger partial charge in [0.15, 0.2) is 11.7 Å². The van der Waals surface area contributed by atoms with E-state index in [1.165, 1.54) is 0 Å². The van der Waals surface area contributed by atoms with Gasteiger partial charge in [-0.1, -0.05) is 13.8 Å². The van der Waals surface area contributed by atoms with Crippen molar-refractivity contribution in [2.45, 2.75) is 26.4 Å². The van der Waals surface area contributed by atoms with Gasteiger partial charge in [0.25, 0.3) is 0 Å². The average Bonchev–Trinajstić information content (AvgIpc) is 2.11. The number of nitrogens with two attached hydrogens (primary N) is 1. The Morgan fingerprint density at radius 1 is 1.69 bits per heavy atom. The fraction of sp³-hybridized carbons (Fsp3) is 0.750. The highest BCUT2D eigenvalue weighted by Crippen LogP contribution is 2.04. The number of hydrogen-bond donors (Lipinski definition) is 4. The van der Waals surface area contributed by atoms with Crippen LogP contribution in [0.3, 0.4) is 0 Å². The van der Waals surface area contributed by atoms with Crippen LogP contribution in [0.1, 0.15) is 20.3 Å². The van der Waals surface area contributed by atoms with Gasteiger partial charge >= 0.3 is 0 Å². The summed E-state index contributed by atoms with van der Waals surface area (Å²) in [6.07, 6.45) is -0.366. The summed E-state index contributed by atoms with van der Waals surface area (Å²) < 4.78 is 0. The Kier molecular flexibility index (Phi) is 5.06. The van der Waals surface area contributed by atoms with E-state index in [0.29, 0.717) is 6.42 Å². The van der Waals surface area contributed by atoms with Crippen LogP contribution in [0.4, 0.5) is 0 Å². The van der Waals surface area contributed by atoms with E-state index >= 15 is 0 Å². The van der Waals surface area contributed by atoms with Gasteiger partial charge in [0.1, 0.15) is 6.10 Å². The van der Waals surface area contributed by atoms with E-state index in [1.54, 1.807) is 6.92 Å². The fourth-order valence-corrected chi connectivity index (χ4v) is 0.837. The molecule has 0 fully saturated rings. The molecule has 0 aromatic carbocycles. The van der Waals surface area contributed by atoms with E-state index in [4.69, 9.17) is 11.1 Å². The second-order valence-corrected chi connectivity index (χ2v) is 3.02. The number of Topliss-reactive ketones (excluding diaryl/α,β-unsaturated/α-hetero) is 1. The molecule has 76 valence electrons. The Morgan fingerprint density at radius 3 is 2.62 bits per heavy atom. The third-order valence-corrected chi connectivity index (χ3v) is 1.91. The molecule has 0 aliphatic carbocycles. The zero-order valence-corrected chi connectivity index (χ0v) is 8.00. The van der Waals surface area contributed by atoms with Crippen molar-refractivity contribution in [2.75, 3.05) is 6.54 Å². The first-order valence-electron chi connectivity index (χ1n) is 4.28. The van der Waals surface area contributed by atoms with Crippen molar-refractivity contribution < 1.29 is 9.90 Å². The minimum Gasteiger partial charge on any atom is -0.383 e. The highest BCUT2D eigenvalue weighted by Gasteiger charge is 2.19. The van der Waals surface area contributed by atoms with Crippen molar-refractivity contribution in [1.82, 2.24) is 5.32 Å². The lowest BCUT2D eigenvalue weighted by atomic mass is 9.99. The molecular weight excluding hydrogens is 170 g/mol. The summed E-state index contributed by atoms with van der Waals surface area (Å²) in [5.41, 5.74) is 5.00. The number of carbonyl (C=O) groups excluding carboxylic acids is 1. The molecule has 0 aromatic heterocycles. The molecule has 0 amide bonds. The highest BCUT2D eigenvalue weighted by molar-refractivity contribution is 5.85. The Hall–Kier alpha value is -1.10. The van der Waals surface area contributed by atoms with Crippen molar-refractivity contribution in [1.29, 1.82) is 5.41 Å². The van der Waals surface area contributed by atoms with Crippen molar-refractivity contribution in [3.63, 3.8) is 0 Å². The molecule has 0 saturated carbocycles. The normalized spacial score (nSPS) is 14.7. The van der Waals surface area contributed by atoms with Gasteiger partial charge in [0.05, 0.1) is 6.54 Å². The maximum Gasteiger partial charge on any atom is 0.185 e. The predicted molar refractivity (Wildman–Crippen MR) is 50.4 cm³/mol. The van der Waals surface area contributed by atoms with Gasteiger partial charge in [-0.2, -0.15) is 0 Å². The molecule has 5 nitrogen and oxygen atoms in total. The zero-order valence-electron chi connectivity index (χ0n) is 8.00. The van der Waals surface area contributed by atoms with Crippen LogP contribution in [0.15, 0.2) is 0 Å². The number of hydrogen-bond acceptors (Lipinski definition) is 3. The second kappa shape index (κ2) is 5.53. The summed E-state index contributed by atoms with van der Waals surface area (Å²) in [7, 11) is 0. The SMILES string of the molecule is CCC(C)C(=O)C(O)CNC(=N)N. The molecule has 0 aliphatic heterocycles. The summed E-state index contributed by atoms with van der Waals surface area (Å²) in [4.78, 5) is 11.3. The van der Waals surface area contributed by atoms with Crippen molar-refractivity contribution in [3.05, 3.63) is 0 Å². The number of carbonyl (C=O) groups is 1. The Balaban J connectivity index is 3.89. The molecular formula is C8H17N3O2. The first-order valence-corrected chi connectivity index (χ1v) is 4.28. The Morgan fingerprint density at radius 2 is 2.23 bits per heavy atom. The van der Waals surface area contributed by atoms with Crippen LogP contribution in [-0.4, -0.2) is 29.5 Å². The maximum absolute atomic E-state index is 11.3. The van der Waals surface area contributed by atoms with Gasteiger partial charge in [0.2, 0.25) is 0 Å². The molecule has 2 unspecified atom stereocenters. The molecule has 0 rings (SSSR count). The van der Waals surface area contributed by atoms with E-state index in [-0.39, 0.29) is 24.2 Å². The summed E-state index contributed by atoms with van der Waals surface area (Å²) in [6.45, 7) is 3.66. The molecule has 0 spiro atoms. The summed E-state index contributed by atoms with van der Waals surface area (Å²) in [6, 6.07) is 0. The standard InChI is InChI=1S/C8H17N3O2/c1-3-5(2)7(13)6(12)4-11-8(9)10/h5-6,12H,3-4H2,1-2H3,(H4,9,10,11). The fourth-order valence-electron chi connectivity index (χ4n) is 0.837. The third-order valence-electron chi connectivity index (χ3n) is 1.91. The van der Waals surface area contributed by atoms with E-state index in [1.807, 2.05) is 6.92 Å². The highest BCUT2D eigenvalue weighted by atomic mass is 16.3. The molecule has 2 atom stereocenters. The van der Waals surface area contributed by atoms with Gasteiger partial charge in [-0.25, -0.2) is 0 Å². The van der Waals surface area contributed by atoms with Crippen LogP contribution >= 0.6 is 0 Å². The van der Waals surface area contributed by atoms with E-state index in [2.05, 4.69) is 5.32 Å². The predicted octanol–water partition coefficient (Wildman–Crippen LogP) is -0.554. The largest absolute Gasteiger partial charge is 0.383 e. The number of ketones is 1. The van der Waals surface area contributed by atoms with Gasteiger partial charge in [-0.05, 0) is 6.42 Å². The molecule has 0 heterocycles. The average molecular weight is 187 g/mol. The number of nitrogens with one attached hydrogen (secondary N) is 2. The van der Waals surface area contributed by atoms with Crippen LogP contribution in [-0.2, 0) is 4.79 Å². The summed E-state index contributed by atoms with van der Waals surface area (Å²) >= 11 is 0. The molecule has 0 aromatic rings. The number of aliphatic hydroxyl groups is 1. The number of aliphatic hydroxyl groups excluding tert-OH is 1. The van der Waals surface area contributed by atoms with Crippen molar-refractivity contribution in [2.24, 2.45) is 11.7 Å². The molecule has 0 radical (unpaired) electrons. The van der Waals surface area contributed by atoms with E-state index in [0.717, 1.165) is 0 Å². The van der Waals surface area contributed by atoms with Gasteiger partial charge in [-0.15, -0.1) is 0 Å². The lowest BCUT2D eigenvalue weighted by molar-refractivity contribution is -0.130. The summed E-state index contributed by atoms with van der Waals surface area (Å²) in [5, 5.41) is 18.5. The van der Waals surface area contributed by atoms with Crippen molar-refractivity contribution in [3.8, 4) is 0 Å². The molecule has 5 heteroatoms. The number of guanidine groups is 1. The monoisotopic (exact) mass is 187 g/mol. The molecule has 13 heavy (non-hydrogen) atoms. The lowest BCUT2D eigenvalue weighted by Crippen LogP contribution is -2.41. The van der Waals surface area contributed by atoms with Crippen LogP contribution < -0.4 is 11.1 Å². The van der Waals surface area contributed by atoms with Crippen LogP contribution in [0.5, 0.6) is 0 Å². The van der Waals surface area contributed by atoms with E-state index < -0.39 is 6.10 Å². The molecule has 5 N–H and O–H groups in total. The van der Waals surface area contributed by atoms with Gasteiger partial charge in [0, 0.05) is 5.92 Å². The summed E-state index contributed by atoms with van der Waals surface area (Å²) in [5.74, 6) is -0.601. The minimum atomic E-state index is -1.07. The van der Waals surface area contributed by atoms with E-state index in [9.17, 15) is 9.90 Å². The lowest BCUT2D eigenvalue weighted by Gasteiger charge is -2.14. The van der Waals surface area contributed by atoms with Gasteiger partial charge in [-0.3, -0.25) is 10.2 Å². The second-order valence-electron chi connectivity index (χ2n) is 3.02. The Labute approximate surface area is 77.8 Å². The smallest absolute Gasteiger partial charge is 0.185 e. The zero-order chi connectivity index (χ0) is 10.4. The quantitative estimate of drug-likeness (QED) is 0.342. The first kappa shape index (κ1) is 11.9. The van der Waals surface area contributed by atoms with Gasteiger partial charge < -0.3 is 16.2 Å². The number of rotatable bonds is 5. The Bertz CT molecular complexity index is 194. The maximum atomic E-state index is 11.3. The van der Waals surface area contributed by atoms with Crippen LogP contribution in [0.25, 0.3) is 0 Å². The van der Waals surface area contributed by atoms with Crippen LogP contribution in [0.2, 0.25) is 0 Å². The molecule has 0 saturated heterocycles. The van der Waals surface area contributed by atoms with Crippen LogP contribution in [0, 0.1) is 11.3 Å². The minimum absolute atomic E-state index is 0.0124. The molecule has 0 aliphatic rings. The van der Waals surface area contributed by atoms with Crippen molar-refractivity contribution >= 4 is 11.7 Å². The third kappa shape index (κ3) is 4.47. The topological polar surface area (TPSA) is 99.2 Å².